The predicted molar refractivity (Wildman–Crippen MR) is 107 cm³/mol. The first kappa shape index (κ1) is 17.0. The number of aromatic nitrogens is 1. The molecule has 2 aromatic heterocycles. The third-order valence-corrected chi connectivity index (χ3v) is 6.29. The summed E-state index contributed by atoms with van der Waals surface area (Å²) in [5.74, 6) is -0.0770. The number of amides is 1. The van der Waals surface area contributed by atoms with E-state index in [1.165, 1.54) is 42.1 Å². The smallest absolute Gasteiger partial charge is 0.258 e. The van der Waals surface area contributed by atoms with Crippen molar-refractivity contribution in [3.63, 3.8) is 0 Å². The van der Waals surface area contributed by atoms with E-state index in [2.05, 4.69) is 10.3 Å². The van der Waals surface area contributed by atoms with Gasteiger partial charge < -0.3 is 10.3 Å². The minimum absolute atomic E-state index is 0.0196. The monoisotopic (exact) mass is 366 g/mol. The van der Waals surface area contributed by atoms with Crippen LogP contribution in [-0.4, -0.2) is 16.7 Å². The van der Waals surface area contributed by atoms with Crippen LogP contribution >= 0.6 is 11.3 Å². The van der Waals surface area contributed by atoms with Gasteiger partial charge in [0.25, 0.3) is 5.91 Å². The van der Waals surface area contributed by atoms with Gasteiger partial charge in [-0.3, -0.25) is 9.59 Å². The fourth-order valence-corrected chi connectivity index (χ4v) is 4.96. The van der Waals surface area contributed by atoms with Crippen molar-refractivity contribution in [2.75, 3.05) is 5.32 Å². The van der Waals surface area contributed by atoms with Crippen molar-refractivity contribution in [3.8, 4) is 0 Å². The zero-order valence-electron chi connectivity index (χ0n) is 15.1. The number of carbonyl (C=O) groups excluding carboxylic acids is 2. The number of fused-ring (bicyclic) bond motifs is 3. The van der Waals surface area contributed by atoms with Gasteiger partial charge in [-0.25, -0.2) is 0 Å². The van der Waals surface area contributed by atoms with Gasteiger partial charge in [0.15, 0.2) is 5.78 Å². The lowest BCUT2D eigenvalue weighted by molar-refractivity contribution is 0.101. The van der Waals surface area contributed by atoms with Gasteiger partial charge in [-0.05, 0) is 69.4 Å². The Morgan fingerprint density at radius 3 is 2.54 bits per heavy atom. The number of aryl methyl sites for hydroxylation is 3. The molecule has 0 fully saturated rings. The Labute approximate surface area is 156 Å². The fraction of sp³-hybridized carbons (Fsp3) is 0.333. The lowest BCUT2D eigenvalue weighted by atomic mass is 10.1. The van der Waals surface area contributed by atoms with Crippen molar-refractivity contribution in [2.45, 2.75) is 46.0 Å². The summed E-state index contributed by atoms with van der Waals surface area (Å²) in [6.45, 7) is 3.55. The van der Waals surface area contributed by atoms with Crippen LogP contribution in [0.4, 0.5) is 5.69 Å². The van der Waals surface area contributed by atoms with Crippen LogP contribution in [0.1, 0.15) is 63.0 Å². The molecule has 2 N–H and O–H groups in total. The molecule has 1 aromatic carbocycles. The van der Waals surface area contributed by atoms with Crippen LogP contribution in [0.5, 0.6) is 0 Å². The van der Waals surface area contributed by atoms with Crippen molar-refractivity contribution < 1.29 is 9.59 Å². The molecule has 4 nitrogen and oxygen atoms in total. The minimum atomic E-state index is -0.0965. The Balaban J connectivity index is 1.66. The Morgan fingerprint density at radius 1 is 1.08 bits per heavy atom. The summed E-state index contributed by atoms with van der Waals surface area (Å²) >= 11 is 1.72. The second-order valence-electron chi connectivity index (χ2n) is 6.97. The van der Waals surface area contributed by atoms with Gasteiger partial charge in [-0.2, -0.15) is 0 Å². The first-order valence-electron chi connectivity index (χ1n) is 9.09. The molecule has 0 atom stereocenters. The second-order valence-corrected chi connectivity index (χ2v) is 8.19. The van der Waals surface area contributed by atoms with Gasteiger partial charge >= 0.3 is 0 Å². The molecule has 26 heavy (non-hydrogen) atoms. The number of hydrogen-bond acceptors (Lipinski definition) is 3. The van der Waals surface area contributed by atoms with E-state index < -0.39 is 0 Å². The average Bonchev–Trinajstić information content (AvgIpc) is 2.98. The number of rotatable bonds is 3. The number of carbonyl (C=O) groups is 2. The molecule has 3 aromatic rings. The minimum Gasteiger partial charge on any atom is -0.357 e. The molecule has 0 radical (unpaired) electrons. The first-order valence-corrected chi connectivity index (χ1v) is 9.91. The number of hydrogen-bond donors (Lipinski definition) is 2. The maximum Gasteiger partial charge on any atom is 0.258 e. The summed E-state index contributed by atoms with van der Waals surface area (Å²) in [6, 6.07) is 7.03. The molecule has 0 unspecified atom stereocenters. The number of Topliss-reactive ketones (excluding diaryl/α,β-unsaturated/α-hetero) is 1. The highest BCUT2D eigenvalue weighted by atomic mass is 32.1. The Bertz CT molecular complexity index is 995. The standard InChI is InChI=1S/C21H22N2O2S/c1-12(24)14-8-10-15(11-9-14)22-21(25)18-13(2)26-20-16-6-4-3-5-7-17(16)23-19(18)20/h8-11,23H,3-7H2,1-2H3,(H,22,25). The number of benzene rings is 1. The number of H-pyrrole nitrogens is 1. The van der Waals surface area contributed by atoms with E-state index in [0.717, 1.165) is 28.8 Å². The summed E-state index contributed by atoms with van der Waals surface area (Å²) in [4.78, 5) is 28.9. The molecule has 4 rings (SSSR count). The molecule has 0 saturated heterocycles. The topological polar surface area (TPSA) is 62.0 Å². The van der Waals surface area contributed by atoms with Gasteiger partial charge in [0.2, 0.25) is 0 Å². The molecule has 134 valence electrons. The molecule has 1 amide bonds. The van der Waals surface area contributed by atoms with Gasteiger partial charge in [-0.1, -0.05) is 6.42 Å². The number of aromatic amines is 1. The third kappa shape index (κ3) is 2.97. The van der Waals surface area contributed by atoms with E-state index in [4.69, 9.17) is 0 Å². The van der Waals surface area contributed by atoms with Gasteiger partial charge in [-0.15, -0.1) is 11.3 Å². The van der Waals surface area contributed by atoms with Crippen molar-refractivity contribution in [2.24, 2.45) is 0 Å². The average molecular weight is 366 g/mol. The van der Waals surface area contributed by atoms with Crippen molar-refractivity contribution in [1.29, 1.82) is 0 Å². The van der Waals surface area contributed by atoms with Crippen molar-refractivity contribution >= 4 is 38.9 Å². The quantitative estimate of drug-likeness (QED) is 0.490. The Kier molecular flexibility index (Phi) is 4.41. The Hall–Kier alpha value is -2.40. The fourth-order valence-electron chi connectivity index (χ4n) is 3.75. The Morgan fingerprint density at radius 2 is 1.81 bits per heavy atom. The highest BCUT2D eigenvalue weighted by molar-refractivity contribution is 7.19. The van der Waals surface area contributed by atoms with E-state index in [0.29, 0.717) is 11.3 Å². The second kappa shape index (κ2) is 6.72. The maximum absolute atomic E-state index is 12.9. The summed E-state index contributed by atoms with van der Waals surface area (Å²) in [5.41, 5.74) is 5.79. The van der Waals surface area contributed by atoms with E-state index in [9.17, 15) is 9.59 Å². The number of anilines is 1. The molecular weight excluding hydrogens is 344 g/mol. The van der Waals surface area contributed by atoms with Crippen LogP contribution in [0.25, 0.3) is 10.2 Å². The molecular formula is C21H22N2O2S. The van der Waals surface area contributed by atoms with Gasteiger partial charge in [0.05, 0.1) is 15.8 Å². The molecule has 1 aliphatic rings. The largest absolute Gasteiger partial charge is 0.357 e. The van der Waals surface area contributed by atoms with Crippen molar-refractivity contribution in [1.82, 2.24) is 4.98 Å². The van der Waals surface area contributed by atoms with Crippen LogP contribution in [0.3, 0.4) is 0 Å². The lowest BCUT2D eigenvalue weighted by Crippen LogP contribution is -2.12. The van der Waals surface area contributed by atoms with Crippen LogP contribution in [0.15, 0.2) is 24.3 Å². The number of thiophene rings is 1. The SMILES string of the molecule is CC(=O)c1ccc(NC(=O)c2c(C)sc3c4c([nH]c23)CCCCC4)cc1. The highest BCUT2D eigenvalue weighted by Gasteiger charge is 2.23. The van der Waals surface area contributed by atoms with Crippen LogP contribution < -0.4 is 5.32 Å². The van der Waals surface area contributed by atoms with Crippen molar-refractivity contribution in [3.05, 3.63) is 51.5 Å². The molecule has 5 heteroatoms. The normalized spacial score (nSPS) is 14.1. The molecule has 1 aliphatic carbocycles. The van der Waals surface area contributed by atoms with E-state index >= 15 is 0 Å². The molecule has 0 saturated carbocycles. The van der Waals surface area contributed by atoms with Gasteiger partial charge in [0.1, 0.15) is 0 Å². The summed E-state index contributed by atoms with van der Waals surface area (Å²) in [5, 5.41) is 2.97. The molecule has 0 bridgehead atoms. The maximum atomic E-state index is 12.9. The third-order valence-electron chi connectivity index (χ3n) is 5.13. The molecule has 2 heterocycles. The van der Waals surface area contributed by atoms with Crippen LogP contribution in [0.2, 0.25) is 0 Å². The summed E-state index contributed by atoms with van der Waals surface area (Å²) < 4.78 is 1.25. The first-order chi connectivity index (χ1) is 12.5. The highest BCUT2D eigenvalue weighted by Crippen LogP contribution is 2.37. The molecule has 0 spiro atoms. The zero-order chi connectivity index (χ0) is 18.3. The van der Waals surface area contributed by atoms with Crippen LogP contribution in [0, 0.1) is 6.92 Å². The number of nitrogens with one attached hydrogen (secondary N) is 2. The molecule has 0 aliphatic heterocycles. The predicted octanol–water partition coefficient (Wildman–Crippen LogP) is 5.26. The zero-order valence-corrected chi connectivity index (χ0v) is 15.9. The van der Waals surface area contributed by atoms with E-state index in [1.807, 2.05) is 6.92 Å². The van der Waals surface area contributed by atoms with E-state index in [-0.39, 0.29) is 11.7 Å². The van der Waals surface area contributed by atoms with E-state index in [1.54, 1.807) is 35.6 Å². The van der Waals surface area contributed by atoms with Crippen LogP contribution in [-0.2, 0) is 12.8 Å². The summed E-state index contributed by atoms with van der Waals surface area (Å²) in [6.07, 6.45) is 5.88. The lowest BCUT2D eigenvalue weighted by Gasteiger charge is -2.06. The summed E-state index contributed by atoms with van der Waals surface area (Å²) in [7, 11) is 0. The number of ketones is 1. The van der Waals surface area contributed by atoms with Gasteiger partial charge in [0, 0.05) is 21.8 Å².